The van der Waals surface area contributed by atoms with E-state index in [1.54, 1.807) is 11.1 Å². The fourth-order valence-corrected chi connectivity index (χ4v) is 9.87. The first-order valence-corrected chi connectivity index (χ1v) is 15.3. The standard InChI is InChI=1S/C14H14.2C9H7.C2H4.Ti/c1-3-7-13(8-4-1)11-12-14-9-5-2-6-10-14;2*1-2-5-9-7-3-6-8(9)4-1;1-2;/h1-10H,11-12H2;2*1-7H;1H,2H3;. The van der Waals surface area contributed by atoms with E-state index in [0.29, 0.717) is 8.45 Å². The van der Waals surface area contributed by atoms with Crippen LogP contribution in [0.1, 0.15) is 48.7 Å². The third-order valence-electron chi connectivity index (χ3n) is 7.04. The molecule has 2 aliphatic rings. The zero-order chi connectivity index (χ0) is 23.9. The Labute approximate surface area is 216 Å². The number of fused-ring (bicyclic) bond motifs is 2. The van der Waals surface area contributed by atoms with E-state index in [2.05, 4.69) is 145 Å². The van der Waals surface area contributed by atoms with Crippen LogP contribution in [-0.4, -0.2) is 4.31 Å². The molecule has 0 aromatic heterocycles. The molecule has 0 saturated carbocycles. The van der Waals surface area contributed by atoms with E-state index in [4.69, 9.17) is 0 Å². The van der Waals surface area contributed by atoms with Gasteiger partial charge in [0.1, 0.15) is 0 Å². The van der Waals surface area contributed by atoms with Gasteiger partial charge in [0.15, 0.2) is 0 Å². The van der Waals surface area contributed by atoms with Gasteiger partial charge in [-0.1, -0.05) is 60.7 Å². The molecule has 172 valence electrons. The minimum Gasteiger partial charge on any atom is -0.0622 e. The third kappa shape index (κ3) is 5.62. The Hall–Kier alpha value is -3.06. The second kappa shape index (κ2) is 11.6. The predicted octanol–water partition coefficient (Wildman–Crippen LogP) is 8.43. The van der Waals surface area contributed by atoms with Crippen LogP contribution in [0, 0.1) is 0 Å². The number of hydrogen-bond acceptors (Lipinski definition) is 0. The summed E-state index contributed by atoms with van der Waals surface area (Å²) < 4.78 is 3.87. The van der Waals surface area contributed by atoms with Crippen molar-refractivity contribution in [2.45, 2.75) is 28.2 Å². The smallest absolute Gasteiger partial charge is 0.0238 e. The van der Waals surface area contributed by atoms with Crippen LogP contribution in [0.3, 0.4) is 0 Å². The van der Waals surface area contributed by atoms with Crippen molar-refractivity contribution in [2.24, 2.45) is 0 Å². The second-order valence-electron chi connectivity index (χ2n) is 9.19. The average Bonchev–Trinajstić information content (AvgIpc) is 3.55. The van der Waals surface area contributed by atoms with Gasteiger partial charge in [-0.25, -0.2) is 0 Å². The van der Waals surface area contributed by atoms with Crippen molar-refractivity contribution in [1.29, 1.82) is 0 Å². The van der Waals surface area contributed by atoms with Gasteiger partial charge >= 0.3 is 132 Å². The maximum Gasteiger partial charge on any atom is -0.0238 e. The number of hydrogen-bond donors (Lipinski definition) is 0. The first-order chi connectivity index (χ1) is 17.3. The normalized spacial score (nSPS) is 16.7. The van der Waals surface area contributed by atoms with Crippen molar-refractivity contribution in [3.63, 3.8) is 0 Å². The van der Waals surface area contributed by atoms with Gasteiger partial charge in [-0.05, 0) is 24.0 Å². The van der Waals surface area contributed by atoms with Crippen LogP contribution in [0.25, 0.3) is 12.2 Å². The molecule has 2 unspecified atom stereocenters. The van der Waals surface area contributed by atoms with Crippen molar-refractivity contribution in [3.8, 4) is 0 Å². The Balaban J connectivity index is 0.000000158. The average molecular weight is 488 g/mol. The molecule has 4 aromatic rings. The Morgan fingerprint density at radius 3 is 1.37 bits per heavy atom. The van der Waals surface area contributed by atoms with E-state index >= 15 is 0 Å². The van der Waals surface area contributed by atoms with Gasteiger partial charge in [-0.2, -0.15) is 0 Å². The maximum atomic E-state index is 2.55. The van der Waals surface area contributed by atoms with Crippen molar-refractivity contribution < 1.29 is 17.4 Å². The van der Waals surface area contributed by atoms with Crippen LogP contribution >= 0.6 is 0 Å². The molecule has 0 amide bonds. The zero-order valence-electron chi connectivity index (χ0n) is 20.3. The molecule has 0 nitrogen and oxygen atoms in total. The fraction of sp³-hybridized carbons (Fsp3) is 0.147. The molecule has 2 atom stereocenters. The molecule has 6 rings (SSSR count). The summed E-state index contributed by atoms with van der Waals surface area (Å²) in [5.74, 6) is 0. The minimum atomic E-state index is -1.41. The SMILES string of the molecule is C[CH]=[Ti]([CH]1C=Cc2ccccc21)[CH]1C=Cc2ccccc21.c1ccc(CCc2ccccc2)cc1. The monoisotopic (exact) mass is 488 g/mol. The Morgan fingerprint density at radius 1 is 0.543 bits per heavy atom. The summed E-state index contributed by atoms with van der Waals surface area (Å²) in [4.78, 5) is 0. The Kier molecular flexibility index (Phi) is 7.83. The number of aryl methyl sites for hydroxylation is 2. The molecule has 0 saturated heterocycles. The molecule has 0 radical (unpaired) electrons. The minimum absolute atomic E-state index is 0.659. The van der Waals surface area contributed by atoms with E-state index in [0.717, 1.165) is 12.8 Å². The van der Waals surface area contributed by atoms with E-state index in [9.17, 15) is 0 Å². The summed E-state index contributed by atoms with van der Waals surface area (Å²) in [7, 11) is 0. The first-order valence-electron chi connectivity index (χ1n) is 12.6. The molecule has 0 fully saturated rings. The first kappa shape index (κ1) is 23.7. The van der Waals surface area contributed by atoms with Gasteiger partial charge in [0.05, 0.1) is 0 Å². The molecular weight excluding hydrogens is 456 g/mol. The quantitative estimate of drug-likeness (QED) is 0.247. The van der Waals surface area contributed by atoms with Gasteiger partial charge in [-0.15, -0.1) is 0 Å². The number of allylic oxidation sites excluding steroid dienone is 2. The summed E-state index contributed by atoms with van der Waals surface area (Å²) in [5, 5.41) is 0. The molecule has 1 heteroatoms. The van der Waals surface area contributed by atoms with Gasteiger partial charge in [0, 0.05) is 0 Å². The largest absolute Gasteiger partial charge is 0.0622 e. The molecule has 0 spiro atoms. The number of benzene rings is 4. The van der Waals surface area contributed by atoms with Crippen molar-refractivity contribution in [1.82, 2.24) is 0 Å². The van der Waals surface area contributed by atoms with Crippen LogP contribution < -0.4 is 0 Å². The molecule has 2 aliphatic carbocycles. The molecule has 4 aromatic carbocycles. The van der Waals surface area contributed by atoms with Crippen LogP contribution in [0.4, 0.5) is 0 Å². The van der Waals surface area contributed by atoms with E-state index in [1.165, 1.54) is 22.3 Å². The summed E-state index contributed by atoms with van der Waals surface area (Å²) in [6.07, 6.45) is 11.8. The second-order valence-corrected chi connectivity index (χ2v) is 13.6. The topological polar surface area (TPSA) is 0 Å². The van der Waals surface area contributed by atoms with Gasteiger partial charge in [0.25, 0.3) is 0 Å². The van der Waals surface area contributed by atoms with Crippen LogP contribution in [0.15, 0.2) is 121 Å². The molecule has 0 bridgehead atoms. The summed E-state index contributed by atoms with van der Waals surface area (Å²) in [5.41, 5.74) is 8.76. The van der Waals surface area contributed by atoms with E-state index in [-0.39, 0.29) is 0 Å². The number of rotatable bonds is 5. The molecule has 0 heterocycles. The third-order valence-corrected chi connectivity index (χ3v) is 11.9. The van der Waals surface area contributed by atoms with Crippen LogP contribution in [0.5, 0.6) is 0 Å². The Morgan fingerprint density at radius 2 is 0.943 bits per heavy atom. The molecule has 0 aliphatic heterocycles. The zero-order valence-corrected chi connectivity index (χ0v) is 21.9. The van der Waals surface area contributed by atoms with Crippen molar-refractivity contribution in [3.05, 3.63) is 155 Å². The van der Waals surface area contributed by atoms with Crippen LogP contribution in [-0.2, 0) is 30.2 Å². The summed E-state index contributed by atoms with van der Waals surface area (Å²) in [6, 6.07) is 39.0. The summed E-state index contributed by atoms with van der Waals surface area (Å²) in [6.45, 7) is 2.28. The van der Waals surface area contributed by atoms with Gasteiger partial charge in [0.2, 0.25) is 0 Å². The Bertz CT molecular complexity index is 1240. The molecule has 35 heavy (non-hydrogen) atoms. The van der Waals surface area contributed by atoms with Crippen molar-refractivity contribution in [2.75, 3.05) is 0 Å². The maximum absolute atomic E-state index is 2.55. The molecule has 0 N–H and O–H groups in total. The van der Waals surface area contributed by atoms with Crippen molar-refractivity contribution >= 4 is 16.5 Å². The van der Waals surface area contributed by atoms with Gasteiger partial charge < -0.3 is 0 Å². The van der Waals surface area contributed by atoms with Gasteiger partial charge in [-0.3, -0.25) is 0 Å². The fourth-order valence-electron chi connectivity index (χ4n) is 5.21. The van der Waals surface area contributed by atoms with E-state index < -0.39 is 17.4 Å². The van der Waals surface area contributed by atoms with E-state index in [1.807, 2.05) is 0 Å². The predicted molar refractivity (Wildman–Crippen MR) is 148 cm³/mol. The summed E-state index contributed by atoms with van der Waals surface area (Å²) >= 11 is -1.41. The van der Waals surface area contributed by atoms with Crippen LogP contribution in [0.2, 0.25) is 0 Å². The molecular formula is C34H32Ti.